The minimum absolute atomic E-state index is 0.00854. The summed E-state index contributed by atoms with van der Waals surface area (Å²) in [5.74, 6) is 0.518. The van der Waals surface area contributed by atoms with Crippen molar-refractivity contribution >= 4 is 5.91 Å². The molecule has 2 aromatic carbocycles. The van der Waals surface area contributed by atoms with Gasteiger partial charge in [0.05, 0.1) is 11.7 Å². The molecule has 1 heterocycles. The Balaban J connectivity index is 1.54. The highest BCUT2D eigenvalue weighted by molar-refractivity contribution is 5.78. The first-order valence-electron chi connectivity index (χ1n) is 7.64. The minimum Gasteiger partial charge on any atom is -0.484 e. The Morgan fingerprint density at radius 3 is 2.58 bits per heavy atom. The Kier molecular flexibility index (Phi) is 4.86. The zero-order chi connectivity index (χ0) is 16.8. The largest absolute Gasteiger partial charge is 0.484 e. The number of hydrogen-bond donors (Lipinski definition) is 1. The van der Waals surface area contributed by atoms with Crippen LogP contribution in [0.5, 0.6) is 5.75 Å². The Hall–Kier alpha value is -3.15. The molecule has 0 radical (unpaired) electrons. The van der Waals surface area contributed by atoms with Gasteiger partial charge < -0.3 is 10.1 Å². The van der Waals surface area contributed by atoms with E-state index in [2.05, 4.69) is 15.4 Å². The Labute approximate surface area is 140 Å². The molecule has 6 heteroatoms. The summed E-state index contributed by atoms with van der Waals surface area (Å²) in [6, 6.07) is 17.0. The van der Waals surface area contributed by atoms with Crippen molar-refractivity contribution in [3.8, 4) is 11.4 Å². The third kappa shape index (κ3) is 3.98. The van der Waals surface area contributed by atoms with E-state index in [0.29, 0.717) is 5.75 Å². The number of para-hydroxylation sites is 1. The third-order valence-electron chi connectivity index (χ3n) is 3.57. The smallest absolute Gasteiger partial charge is 0.258 e. The molecule has 24 heavy (non-hydrogen) atoms. The van der Waals surface area contributed by atoms with Gasteiger partial charge in [0.15, 0.2) is 6.61 Å². The molecule has 0 aliphatic rings. The number of carbonyl (C=O) groups excluding carboxylic acids is 1. The molecule has 0 saturated heterocycles. The molecule has 0 fully saturated rings. The zero-order valence-corrected chi connectivity index (χ0v) is 13.3. The van der Waals surface area contributed by atoms with Crippen molar-refractivity contribution in [3.63, 3.8) is 0 Å². The number of aromatic nitrogens is 3. The van der Waals surface area contributed by atoms with Crippen LogP contribution in [-0.4, -0.2) is 27.3 Å². The van der Waals surface area contributed by atoms with E-state index in [1.807, 2.05) is 61.5 Å². The van der Waals surface area contributed by atoms with Gasteiger partial charge in [0.1, 0.15) is 18.4 Å². The predicted octanol–water partition coefficient (Wildman–Crippen LogP) is 2.52. The third-order valence-corrected chi connectivity index (χ3v) is 3.57. The van der Waals surface area contributed by atoms with Crippen molar-refractivity contribution in [2.45, 2.75) is 13.0 Å². The average Bonchev–Trinajstić information content (AvgIpc) is 3.16. The number of carbonyl (C=O) groups is 1. The summed E-state index contributed by atoms with van der Waals surface area (Å²) in [6.07, 6.45) is 3.13. The first-order valence-corrected chi connectivity index (χ1v) is 7.64. The molecule has 3 rings (SSSR count). The maximum atomic E-state index is 12.0. The lowest BCUT2D eigenvalue weighted by atomic mass is 10.1. The summed E-state index contributed by atoms with van der Waals surface area (Å²) in [5, 5.41) is 7.00. The van der Waals surface area contributed by atoms with Gasteiger partial charge in [-0.3, -0.25) is 4.79 Å². The van der Waals surface area contributed by atoms with E-state index in [9.17, 15) is 4.79 Å². The molecule has 122 valence electrons. The number of hydrogen-bond acceptors (Lipinski definition) is 4. The summed E-state index contributed by atoms with van der Waals surface area (Å²) in [5.41, 5.74) is 1.93. The number of ether oxygens (including phenoxy) is 1. The van der Waals surface area contributed by atoms with E-state index < -0.39 is 0 Å². The molecule has 1 aromatic heterocycles. The maximum Gasteiger partial charge on any atom is 0.258 e. The van der Waals surface area contributed by atoms with Crippen molar-refractivity contribution < 1.29 is 9.53 Å². The normalized spacial score (nSPS) is 11.7. The van der Waals surface area contributed by atoms with Gasteiger partial charge in [-0.25, -0.2) is 9.67 Å². The second kappa shape index (κ2) is 7.41. The maximum absolute atomic E-state index is 12.0. The van der Waals surface area contributed by atoms with Crippen LogP contribution in [0.4, 0.5) is 0 Å². The van der Waals surface area contributed by atoms with Crippen molar-refractivity contribution in [2.75, 3.05) is 6.61 Å². The van der Waals surface area contributed by atoms with Crippen LogP contribution >= 0.6 is 0 Å². The number of nitrogens with zero attached hydrogens (tertiary/aromatic N) is 3. The Bertz CT molecular complexity index is 771. The fourth-order valence-corrected chi connectivity index (χ4v) is 2.29. The topological polar surface area (TPSA) is 69.0 Å². The van der Waals surface area contributed by atoms with Gasteiger partial charge in [-0.15, -0.1) is 0 Å². The molecule has 0 aliphatic carbocycles. The van der Waals surface area contributed by atoms with Crippen molar-refractivity contribution in [1.82, 2.24) is 20.1 Å². The van der Waals surface area contributed by atoms with E-state index >= 15 is 0 Å². The van der Waals surface area contributed by atoms with E-state index in [4.69, 9.17) is 4.74 Å². The Morgan fingerprint density at radius 2 is 1.92 bits per heavy atom. The van der Waals surface area contributed by atoms with Crippen LogP contribution < -0.4 is 10.1 Å². The van der Waals surface area contributed by atoms with Crippen LogP contribution in [0.25, 0.3) is 5.69 Å². The fourth-order valence-electron chi connectivity index (χ4n) is 2.29. The average molecular weight is 322 g/mol. The van der Waals surface area contributed by atoms with Gasteiger partial charge in [0.25, 0.3) is 5.91 Å². The van der Waals surface area contributed by atoms with Crippen LogP contribution in [-0.2, 0) is 4.79 Å². The molecule has 1 unspecified atom stereocenters. The van der Waals surface area contributed by atoms with E-state index in [1.54, 1.807) is 11.0 Å². The lowest BCUT2D eigenvalue weighted by Crippen LogP contribution is -2.31. The molecule has 0 aliphatic heterocycles. The quantitative estimate of drug-likeness (QED) is 0.757. The number of nitrogens with one attached hydrogen (secondary N) is 1. The summed E-state index contributed by atoms with van der Waals surface area (Å²) in [6.45, 7) is 1.93. The van der Waals surface area contributed by atoms with Crippen molar-refractivity contribution in [3.05, 3.63) is 72.8 Å². The molecular formula is C18H18N4O2. The van der Waals surface area contributed by atoms with Gasteiger partial charge >= 0.3 is 0 Å². The van der Waals surface area contributed by atoms with Crippen LogP contribution in [0.3, 0.4) is 0 Å². The Morgan fingerprint density at radius 1 is 1.17 bits per heavy atom. The summed E-state index contributed by atoms with van der Waals surface area (Å²) >= 11 is 0. The molecular weight excluding hydrogens is 304 g/mol. The summed E-state index contributed by atoms with van der Waals surface area (Å²) in [4.78, 5) is 15.9. The second-order valence-electron chi connectivity index (χ2n) is 5.32. The van der Waals surface area contributed by atoms with Crippen LogP contribution in [0.1, 0.15) is 18.5 Å². The summed E-state index contributed by atoms with van der Waals surface area (Å²) < 4.78 is 7.12. The molecule has 1 amide bonds. The second-order valence-corrected chi connectivity index (χ2v) is 5.32. The van der Waals surface area contributed by atoms with Gasteiger partial charge in [-0.2, -0.15) is 5.10 Å². The van der Waals surface area contributed by atoms with Gasteiger partial charge in [0.2, 0.25) is 0 Å². The van der Waals surface area contributed by atoms with Crippen LogP contribution in [0.15, 0.2) is 67.3 Å². The van der Waals surface area contributed by atoms with Crippen LogP contribution in [0, 0.1) is 0 Å². The fraction of sp³-hybridized carbons (Fsp3) is 0.167. The van der Waals surface area contributed by atoms with E-state index in [-0.39, 0.29) is 18.6 Å². The van der Waals surface area contributed by atoms with Gasteiger partial charge in [0, 0.05) is 0 Å². The molecule has 1 N–H and O–H groups in total. The van der Waals surface area contributed by atoms with Crippen molar-refractivity contribution in [2.24, 2.45) is 0 Å². The van der Waals surface area contributed by atoms with Crippen LogP contribution in [0.2, 0.25) is 0 Å². The molecule has 0 saturated carbocycles. The first kappa shape index (κ1) is 15.7. The van der Waals surface area contributed by atoms with E-state index in [1.165, 1.54) is 6.33 Å². The SMILES string of the molecule is CC(NC(=O)COc1ccccc1)c1ccc(-n2cncn2)cc1. The number of benzene rings is 2. The predicted molar refractivity (Wildman–Crippen MR) is 89.9 cm³/mol. The molecule has 0 spiro atoms. The standard InChI is InChI=1S/C18H18N4O2/c1-14(21-18(23)11-24-17-5-3-2-4-6-17)15-7-9-16(10-8-15)22-13-19-12-20-22/h2-10,12-14H,11H2,1H3,(H,21,23). The van der Waals surface area contributed by atoms with Crippen molar-refractivity contribution in [1.29, 1.82) is 0 Å². The monoisotopic (exact) mass is 322 g/mol. The minimum atomic E-state index is -0.160. The highest BCUT2D eigenvalue weighted by Gasteiger charge is 2.10. The molecule has 0 bridgehead atoms. The molecule has 3 aromatic rings. The molecule has 6 nitrogen and oxygen atoms in total. The summed E-state index contributed by atoms with van der Waals surface area (Å²) in [7, 11) is 0. The molecule has 1 atom stereocenters. The lowest BCUT2D eigenvalue weighted by Gasteiger charge is -2.15. The van der Waals surface area contributed by atoms with Gasteiger partial charge in [-0.1, -0.05) is 30.3 Å². The first-order chi connectivity index (χ1) is 11.7. The highest BCUT2D eigenvalue weighted by Crippen LogP contribution is 2.15. The lowest BCUT2D eigenvalue weighted by molar-refractivity contribution is -0.123. The van der Waals surface area contributed by atoms with Gasteiger partial charge in [-0.05, 0) is 36.8 Å². The zero-order valence-electron chi connectivity index (χ0n) is 13.3. The highest BCUT2D eigenvalue weighted by atomic mass is 16.5. The number of rotatable bonds is 6. The van der Waals surface area contributed by atoms with E-state index in [0.717, 1.165) is 11.3 Å². The number of amides is 1.